The highest BCUT2D eigenvalue weighted by atomic mass is 16.5. The highest BCUT2D eigenvalue weighted by Crippen LogP contribution is 2.18. The second-order valence-corrected chi connectivity index (χ2v) is 6.74. The summed E-state index contributed by atoms with van der Waals surface area (Å²) in [4.78, 5) is 9.26. The number of nitrogens with zero attached hydrogens (tertiary/aromatic N) is 3. The van der Waals surface area contributed by atoms with E-state index in [1.807, 2.05) is 7.05 Å². The average Bonchev–Trinajstić information content (AvgIpc) is 3.02. The van der Waals surface area contributed by atoms with E-state index >= 15 is 0 Å². The molecule has 0 aromatic carbocycles. The van der Waals surface area contributed by atoms with Gasteiger partial charge in [-0.25, -0.2) is 0 Å². The van der Waals surface area contributed by atoms with Crippen LogP contribution in [0.25, 0.3) is 0 Å². The van der Waals surface area contributed by atoms with Crippen molar-refractivity contribution in [3.8, 4) is 0 Å². The number of likely N-dealkylation sites (tertiary alicyclic amines) is 1. The lowest BCUT2D eigenvalue weighted by Crippen LogP contribution is -2.42. The van der Waals surface area contributed by atoms with Gasteiger partial charge in [-0.1, -0.05) is 6.92 Å². The minimum atomic E-state index is 0.764. The van der Waals surface area contributed by atoms with E-state index in [1.165, 1.54) is 45.3 Å². The molecule has 0 aromatic rings. The molecule has 0 bridgehead atoms. The number of rotatable bonds is 6. The Morgan fingerprint density at radius 3 is 2.68 bits per heavy atom. The summed E-state index contributed by atoms with van der Waals surface area (Å²) in [5, 5.41) is 3.57. The van der Waals surface area contributed by atoms with Crippen LogP contribution >= 0.6 is 0 Å². The van der Waals surface area contributed by atoms with E-state index in [9.17, 15) is 0 Å². The molecular weight excluding hydrogens is 276 g/mol. The quantitative estimate of drug-likeness (QED) is 0.598. The summed E-state index contributed by atoms with van der Waals surface area (Å²) in [6, 6.07) is 0. The van der Waals surface area contributed by atoms with Crippen molar-refractivity contribution in [3.63, 3.8) is 0 Å². The summed E-state index contributed by atoms with van der Waals surface area (Å²) in [5.41, 5.74) is 0. The molecule has 2 rings (SSSR count). The van der Waals surface area contributed by atoms with Crippen LogP contribution in [0.3, 0.4) is 0 Å². The molecule has 0 amide bonds. The van der Waals surface area contributed by atoms with Gasteiger partial charge in [-0.15, -0.1) is 0 Å². The van der Waals surface area contributed by atoms with E-state index in [0.717, 1.165) is 44.1 Å². The summed E-state index contributed by atoms with van der Waals surface area (Å²) < 4.78 is 5.43. The lowest BCUT2D eigenvalue weighted by molar-refractivity contribution is 0.0625. The molecule has 1 atom stereocenters. The Morgan fingerprint density at radius 1 is 1.27 bits per heavy atom. The van der Waals surface area contributed by atoms with Gasteiger partial charge < -0.3 is 19.9 Å². The fraction of sp³-hybridized carbons (Fsp3) is 0.941. The monoisotopic (exact) mass is 310 g/mol. The number of hydrogen-bond donors (Lipinski definition) is 1. The Bertz CT molecular complexity index is 342. The molecule has 0 aromatic heterocycles. The van der Waals surface area contributed by atoms with E-state index in [0.29, 0.717) is 0 Å². The van der Waals surface area contributed by atoms with Crippen molar-refractivity contribution in [1.82, 2.24) is 15.1 Å². The predicted octanol–water partition coefficient (Wildman–Crippen LogP) is 1.65. The van der Waals surface area contributed by atoms with Crippen LogP contribution in [0.5, 0.6) is 0 Å². The predicted molar refractivity (Wildman–Crippen MR) is 92.4 cm³/mol. The summed E-state index contributed by atoms with van der Waals surface area (Å²) in [5.74, 6) is 2.63. The maximum Gasteiger partial charge on any atom is 0.193 e. The molecule has 2 aliphatic rings. The average molecular weight is 310 g/mol. The van der Waals surface area contributed by atoms with Crippen LogP contribution in [-0.2, 0) is 4.74 Å². The Kier molecular flexibility index (Phi) is 7.46. The molecule has 0 radical (unpaired) electrons. The van der Waals surface area contributed by atoms with Crippen LogP contribution in [0.2, 0.25) is 0 Å². The van der Waals surface area contributed by atoms with E-state index in [2.05, 4.69) is 34.1 Å². The van der Waals surface area contributed by atoms with Gasteiger partial charge in [-0.3, -0.25) is 4.99 Å². The van der Waals surface area contributed by atoms with Gasteiger partial charge in [-0.05, 0) is 50.6 Å². The van der Waals surface area contributed by atoms with Crippen molar-refractivity contribution in [2.45, 2.75) is 32.6 Å². The van der Waals surface area contributed by atoms with Crippen LogP contribution in [0.15, 0.2) is 4.99 Å². The normalized spacial score (nSPS) is 24.7. The maximum absolute atomic E-state index is 5.43. The molecule has 2 aliphatic heterocycles. The molecule has 2 saturated heterocycles. The zero-order valence-corrected chi connectivity index (χ0v) is 14.7. The number of aliphatic imine (C=N–C) groups is 1. The van der Waals surface area contributed by atoms with Crippen LogP contribution in [0, 0.1) is 11.8 Å². The lowest BCUT2D eigenvalue weighted by Gasteiger charge is -2.27. The molecule has 0 spiro atoms. The molecule has 22 heavy (non-hydrogen) atoms. The topological polar surface area (TPSA) is 40.1 Å². The van der Waals surface area contributed by atoms with E-state index in [4.69, 9.17) is 4.74 Å². The standard InChI is InChI=1S/C17H34N4O/c1-4-21-10-6-16(14-21)13-19-17(18-2)20(3)9-5-15-7-11-22-12-8-15/h15-16H,4-14H2,1-3H3,(H,18,19). The number of nitrogens with one attached hydrogen (secondary N) is 1. The molecule has 0 saturated carbocycles. The van der Waals surface area contributed by atoms with Gasteiger partial charge in [0.25, 0.3) is 0 Å². The maximum atomic E-state index is 5.43. The summed E-state index contributed by atoms with van der Waals surface area (Å²) in [6.07, 6.45) is 4.99. The van der Waals surface area contributed by atoms with Gasteiger partial charge in [0.2, 0.25) is 0 Å². The number of hydrogen-bond acceptors (Lipinski definition) is 3. The zero-order valence-electron chi connectivity index (χ0n) is 14.7. The fourth-order valence-corrected chi connectivity index (χ4v) is 3.50. The van der Waals surface area contributed by atoms with Crippen molar-refractivity contribution < 1.29 is 4.74 Å². The Hall–Kier alpha value is -0.810. The Balaban J connectivity index is 1.66. The molecule has 1 N–H and O–H groups in total. The van der Waals surface area contributed by atoms with Crippen LogP contribution in [0.4, 0.5) is 0 Å². The minimum Gasteiger partial charge on any atom is -0.381 e. The first kappa shape index (κ1) is 17.5. The van der Waals surface area contributed by atoms with Gasteiger partial charge >= 0.3 is 0 Å². The van der Waals surface area contributed by atoms with Crippen LogP contribution in [-0.4, -0.2) is 75.8 Å². The Labute approximate surface area is 136 Å². The molecular formula is C17H34N4O. The van der Waals surface area contributed by atoms with E-state index in [1.54, 1.807) is 0 Å². The van der Waals surface area contributed by atoms with Gasteiger partial charge in [0.15, 0.2) is 5.96 Å². The van der Waals surface area contributed by atoms with Gasteiger partial charge in [0.05, 0.1) is 0 Å². The van der Waals surface area contributed by atoms with Crippen molar-refractivity contribution in [2.24, 2.45) is 16.8 Å². The van der Waals surface area contributed by atoms with Crippen molar-refractivity contribution >= 4 is 5.96 Å². The molecule has 2 fully saturated rings. The molecule has 1 unspecified atom stereocenters. The summed E-state index contributed by atoms with van der Waals surface area (Å²) in [6.45, 7) is 9.91. The second-order valence-electron chi connectivity index (χ2n) is 6.74. The summed E-state index contributed by atoms with van der Waals surface area (Å²) >= 11 is 0. The van der Waals surface area contributed by atoms with Crippen molar-refractivity contribution in [1.29, 1.82) is 0 Å². The highest BCUT2D eigenvalue weighted by Gasteiger charge is 2.21. The highest BCUT2D eigenvalue weighted by molar-refractivity contribution is 5.79. The Morgan fingerprint density at radius 2 is 2.05 bits per heavy atom. The second kappa shape index (κ2) is 9.36. The zero-order chi connectivity index (χ0) is 15.8. The number of ether oxygens (including phenoxy) is 1. The summed E-state index contributed by atoms with van der Waals surface area (Å²) in [7, 11) is 4.04. The minimum absolute atomic E-state index is 0.764. The smallest absolute Gasteiger partial charge is 0.193 e. The lowest BCUT2D eigenvalue weighted by atomic mass is 9.96. The number of guanidine groups is 1. The van der Waals surface area contributed by atoms with Crippen LogP contribution in [0.1, 0.15) is 32.6 Å². The third kappa shape index (κ3) is 5.43. The fourth-order valence-electron chi connectivity index (χ4n) is 3.50. The van der Waals surface area contributed by atoms with Crippen molar-refractivity contribution in [3.05, 3.63) is 0 Å². The first-order valence-electron chi connectivity index (χ1n) is 8.94. The van der Waals surface area contributed by atoms with Crippen molar-refractivity contribution in [2.75, 3.05) is 60.0 Å². The molecule has 2 heterocycles. The van der Waals surface area contributed by atoms with Gasteiger partial charge in [-0.2, -0.15) is 0 Å². The first-order valence-corrected chi connectivity index (χ1v) is 8.94. The molecule has 128 valence electrons. The third-order valence-electron chi connectivity index (χ3n) is 5.15. The molecule has 0 aliphatic carbocycles. The van der Waals surface area contributed by atoms with Gasteiger partial charge in [0, 0.05) is 46.9 Å². The van der Waals surface area contributed by atoms with Crippen LogP contribution < -0.4 is 5.32 Å². The van der Waals surface area contributed by atoms with E-state index in [-0.39, 0.29) is 0 Å². The largest absolute Gasteiger partial charge is 0.381 e. The molecule has 5 nitrogen and oxygen atoms in total. The SMILES string of the molecule is CCN1CCC(CNC(=NC)N(C)CCC2CCOCC2)C1. The third-order valence-corrected chi connectivity index (χ3v) is 5.15. The first-order chi connectivity index (χ1) is 10.7. The van der Waals surface area contributed by atoms with E-state index < -0.39 is 0 Å². The van der Waals surface area contributed by atoms with Gasteiger partial charge in [0.1, 0.15) is 0 Å². The molecule has 5 heteroatoms.